The van der Waals surface area contributed by atoms with Gasteiger partial charge in [0.1, 0.15) is 11.4 Å². The second-order valence-electron chi connectivity index (χ2n) is 4.14. The van der Waals surface area contributed by atoms with Gasteiger partial charge in [-0.2, -0.15) is 10.4 Å². The van der Waals surface area contributed by atoms with Crippen LogP contribution in [-0.2, 0) is 6.54 Å². The molecule has 0 unspecified atom stereocenters. The highest BCUT2D eigenvalue weighted by Gasteiger charge is 2.02. The first-order valence-electron chi connectivity index (χ1n) is 5.93. The summed E-state index contributed by atoms with van der Waals surface area (Å²) in [7, 11) is 0. The Morgan fingerprint density at radius 3 is 2.84 bits per heavy atom. The standard InChI is InChI=1S/C14H14N4O/c1-11-10-18(8-2-7-15)17-14(11)9-16-12-3-5-13(19)6-4-12/h3-6,9-10,19H,2,8H2,1H3. The number of nitriles is 1. The van der Waals surface area contributed by atoms with E-state index in [2.05, 4.69) is 16.2 Å². The summed E-state index contributed by atoms with van der Waals surface area (Å²) in [6.45, 7) is 2.54. The zero-order valence-corrected chi connectivity index (χ0v) is 10.6. The van der Waals surface area contributed by atoms with Crippen LogP contribution >= 0.6 is 0 Å². The molecule has 1 aromatic carbocycles. The molecule has 1 N–H and O–H groups in total. The van der Waals surface area contributed by atoms with E-state index in [9.17, 15) is 5.11 Å². The molecule has 2 rings (SSSR count). The van der Waals surface area contributed by atoms with Crippen molar-refractivity contribution in [1.29, 1.82) is 5.26 Å². The van der Waals surface area contributed by atoms with Crippen LogP contribution in [0.15, 0.2) is 35.5 Å². The molecule has 19 heavy (non-hydrogen) atoms. The minimum absolute atomic E-state index is 0.218. The number of rotatable bonds is 4. The molecule has 96 valence electrons. The topological polar surface area (TPSA) is 74.2 Å². The van der Waals surface area contributed by atoms with E-state index in [0.717, 1.165) is 16.9 Å². The maximum absolute atomic E-state index is 9.18. The van der Waals surface area contributed by atoms with Crippen LogP contribution < -0.4 is 0 Å². The highest BCUT2D eigenvalue weighted by Crippen LogP contribution is 2.16. The molecule has 2 aromatic rings. The zero-order valence-electron chi connectivity index (χ0n) is 10.6. The number of phenolic OH excluding ortho intramolecular Hbond substituents is 1. The SMILES string of the molecule is Cc1cn(CCC#N)nc1C=Nc1ccc(O)cc1. The second-order valence-corrected chi connectivity index (χ2v) is 4.14. The highest BCUT2D eigenvalue weighted by molar-refractivity contribution is 5.81. The summed E-state index contributed by atoms with van der Waals surface area (Å²) in [5.41, 5.74) is 2.55. The van der Waals surface area contributed by atoms with E-state index in [0.29, 0.717) is 13.0 Å². The Morgan fingerprint density at radius 1 is 1.42 bits per heavy atom. The van der Waals surface area contributed by atoms with Crippen molar-refractivity contribution in [1.82, 2.24) is 9.78 Å². The van der Waals surface area contributed by atoms with Crippen molar-refractivity contribution in [2.45, 2.75) is 19.9 Å². The monoisotopic (exact) mass is 254 g/mol. The summed E-state index contributed by atoms with van der Waals surface area (Å²) in [5, 5.41) is 22.1. The number of phenols is 1. The number of benzene rings is 1. The summed E-state index contributed by atoms with van der Waals surface area (Å²) in [4.78, 5) is 4.30. The minimum Gasteiger partial charge on any atom is -0.508 e. The highest BCUT2D eigenvalue weighted by atomic mass is 16.3. The first-order chi connectivity index (χ1) is 9.19. The fraction of sp³-hybridized carbons (Fsp3) is 0.214. The van der Waals surface area contributed by atoms with Gasteiger partial charge < -0.3 is 5.11 Å². The summed E-state index contributed by atoms with van der Waals surface area (Å²) in [6, 6.07) is 8.73. The Bertz CT molecular complexity index is 620. The number of aromatic hydroxyl groups is 1. The van der Waals surface area contributed by atoms with Crippen molar-refractivity contribution < 1.29 is 5.11 Å². The van der Waals surface area contributed by atoms with E-state index in [1.807, 2.05) is 13.1 Å². The Morgan fingerprint density at radius 2 is 2.16 bits per heavy atom. The number of aromatic nitrogens is 2. The molecule has 0 aliphatic carbocycles. The molecule has 5 nitrogen and oxygen atoms in total. The van der Waals surface area contributed by atoms with Crippen molar-refractivity contribution in [3.05, 3.63) is 41.7 Å². The van der Waals surface area contributed by atoms with Crippen LogP contribution in [-0.4, -0.2) is 21.1 Å². The molecule has 5 heteroatoms. The minimum atomic E-state index is 0.218. The van der Waals surface area contributed by atoms with Gasteiger partial charge >= 0.3 is 0 Å². The predicted molar refractivity (Wildman–Crippen MR) is 72.6 cm³/mol. The average molecular weight is 254 g/mol. The molecule has 0 bridgehead atoms. The number of nitrogens with zero attached hydrogens (tertiary/aromatic N) is 4. The van der Waals surface area contributed by atoms with Gasteiger partial charge in [0.2, 0.25) is 0 Å². The molecule has 0 aliphatic rings. The van der Waals surface area contributed by atoms with Crippen LogP contribution in [0.3, 0.4) is 0 Å². The maximum Gasteiger partial charge on any atom is 0.115 e. The van der Waals surface area contributed by atoms with Crippen molar-refractivity contribution in [3.8, 4) is 11.8 Å². The lowest BCUT2D eigenvalue weighted by Gasteiger charge is -1.94. The van der Waals surface area contributed by atoms with Gasteiger partial charge in [-0.25, -0.2) is 0 Å². The first kappa shape index (κ1) is 12.8. The van der Waals surface area contributed by atoms with Crippen LogP contribution in [0, 0.1) is 18.3 Å². The van der Waals surface area contributed by atoms with Gasteiger partial charge in [0.15, 0.2) is 0 Å². The normalized spacial score (nSPS) is 10.7. The molecule has 0 fully saturated rings. The van der Waals surface area contributed by atoms with Crippen LogP contribution in [0.4, 0.5) is 5.69 Å². The van der Waals surface area contributed by atoms with Crippen LogP contribution in [0.25, 0.3) is 0 Å². The smallest absolute Gasteiger partial charge is 0.115 e. The summed E-state index contributed by atoms with van der Waals surface area (Å²) >= 11 is 0. The quantitative estimate of drug-likeness (QED) is 0.852. The van der Waals surface area contributed by atoms with Gasteiger partial charge in [0.25, 0.3) is 0 Å². The molecular formula is C14H14N4O. The van der Waals surface area contributed by atoms with E-state index in [1.165, 1.54) is 0 Å². The molecular weight excluding hydrogens is 240 g/mol. The molecule has 0 atom stereocenters. The van der Waals surface area contributed by atoms with Crippen molar-refractivity contribution in [3.63, 3.8) is 0 Å². The van der Waals surface area contributed by atoms with Crippen molar-refractivity contribution >= 4 is 11.9 Å². The Balaban J connectivity index is 2.12. The van der Waals surface area contributed by atoms with E-state index < -0.39 is 0 Å². The lowest BCUT2D eigenvalue weighted by molar-refractivity contribution is 0.475. The first-order valence-corrected chi connectivity index (χ1v) is 5.93. The number of aryl methyl sites for hydroxylation is 2. The van der Waals surface area contributed by atoms with Crippen molar-refractivity contribution in [2.75, 3.05) is 0 Å². The average Bonchev–Trinajstić information content (AvgIpc) is 2.76. The van der Waals surface area contributed by atoms with Gasteiger partial charge in [-0.1, -0.05) is 0 Å². The molecule has 0 radical (unpaired) electrons. The number of aliphatic imine (C=N–C) groups is 1. The fourth-order valence-corrected chi connectivity index (χ4v) is 1.62. The lowest BCUT2D eigenvalue weighted by atomic mass is 10.3. The largest absolute Gasteiger partial charge is 0.508 e. The number of hydrogen-bond acceptors (Lipinski definition) is 4. The molecule has 0 spiro atoms. The molecule has 0 amide bonds. The van der Waals surface area contributed by atoms with Crippen molar-refractivity contribution in [2.24, 2.45) is 4.99 Å². The summed E-state index contributed by atoms with van der Waals surface area (Å²) in [5.74, 6) is 0.218. The molecule has 1 aromatic heterocycles. The van der Waals surface area contributed by atoms with Gasteiger partial charge in [-0.15, -0.1) is 0 Å². The lowest BCUT2D eigenvalue weighted by Crippen LogP contribution is -1.98. The second kappa shape index (κ2) is 5.83. The molecule has 0 saturated heterocycles. The van der Waals surface area contributed by atoms with E-state index in [4.69, 9.17) is 5.26 Å². The van der Waals surface area contributed by atoms with Crippen LogP contribution in [0.1, 0.15) is 17.7 Å². The maximum atomic E-state index is 9.18. The van der Waals surface area contributed by atoms with E-state index >= 15 is 0 Å². The van der Waals surface area contributed by atoms with Gasteiger partial charge in [0, 0.05) is 6.20 Å². The van der Waals surface area contributed by atoms with Crippen LogP contribution in [0.2, 0.25) is 0 Å². The molecule has 0 aliphatic heterocycles. The Kier molecular flexibility index (Phi) is 3.94. The Hall–Kier alpha value is -2.61. The molecule has 1 heterocycles. The van der Waals surface area contributed by atoms with Gasteiger partial charge in [0.05, 0.1) is 30.9 Å². The third-order valence-corrected chi connectivity index (χ3v) is 2.62. The Labute approximate surface area is 111 Å². The number of hydrogen-bond donors (Lipinski definition) is 1. The summed E-state index contributed by atoms with van der Waals surface area (Å²) < 4.78 is 1.75. The zero-order chi connectivity index (χ0) is 13.7. The third kappa shape index (κ3) is 3.42. The summed E-state index contributed by atoms with van der Waals surface area (Å²) in [6.07, 6.45) is 4.02. The van der Waals surface area contributed by atoms with E-state index in [-0.39, 0.29) is 5.75 Å². The molecule has 0 saturated carbocycles. The fourth-order valence-electron chi connectivity index (χ4n) is 1.62. The van der Waals surface area contributed by atoms with Gasteiger partial charge in [-0.3, -0.25) is 9.67 Å². The third-order valence-electron chi connectivity index (χ3n) is 2.62. The van der Waals surface area contributed by atoms with Crippen LogP contribution in [0.5, 0.6) is 5.75 Å². The predicted octanol–water partition coefficient (Wildman–Crippen LogP) is 2.56. The van der Waals surface area contributed by atoms with Gasteiger partial charge in [-0.05, 0) is 36.8 Å². The van der Waals surface area contributed by atoms with E-state index in [1.54, 1.807) is 35.2 Å².